The zero-order valence-electron chi connectivity index (χ0n) is 14.6. The van der Waals surface area contributed by atoms with Crippen molar-refractivity contribution in [3.8, 4) is 0 Å². The average Bonchev–Trinajstić information content (AvgIpc) is 3.11. The van der Waals surface area contributed by atoms with Crippen LogP contribution in [0.1, 0.15) is 30.1 Å². The monoisotopic (exact) mass is 341 g/mol. The van der Waals surface area contributed by atoms with E-state index in [9.17, 15) is 4.79 Å². The highest BCUT2D eigenvalue weighted by Crippen LogP contribution is 2.24. The van der Waals surface area contributed by atoms with Gasteiger partial charge in [-0.05, 0) is 44.0 Å². The number of aromatic nitrogens is 3. The molecule has 0 amide bonds. The first-order chi connectivity index (χ1) is 12.2. The summed E-state index contributed by atoms with van der Waals surface area (Å²) in [6, 6.07) is 7.89. The fourth-order valence-electron chi connectivity index (χ4n) is 3.13. The number of pyridine rings is 1. The molecule has 2 aromatic rings. The Labute approximate surface area is 147 Å². The highest BCUT2D eigenvalue weighted by molar-refractivity contribution is 5.89. The Balaban J connectivity index is 1.65. The number of likely N-dealkylation sites (N-methyl/N-ethyl adjacent to an activating group) is 1. The number of rotatable bonds is 6. The predicted molar refractivity (Wildman–Crippen MR) is 95.9 cm³/mol. The first-order valence-electron chi connectivity index (χ1n) is 8.57. The lowest BCUT2D eigenvalue weighted by Crippen LogP contribution is -2.39. The summed E-state index contributed by atoms with van der Waals surface area (Å²) in [5, 5.41) is 8.21. The van der Waals surface area contributed by atoms with Crippen LogP contribution in [0.4, 0.5) is 11.6 Å². The lowest BCUT2D eigenvalue weighted by Gasteiger charge is -2.29. The smallest absolute Gasteiger partial charge is 0.339 e. The van der Waals surface area contributed by atoms with Gasteiger partial charge in [-0.3, -0.25) is 0 Å². The van der Waals surface area contributed by atoms with Crippen molar-refractivity contribution in [2.75, 3.05) is 36.5 Å². The molecule has 0 bridgehead atoms. The summed E-state index contributed by atoms with van der Waals surface area (Å²) in [4.78, 5) is 20.5. The Morgan fingerprint density at radius 3 is 2.96 bits per heavy atom. The lowest BCUT2D eigenvalue weighted by atomic mass is 10.2. The predicted octanol–water partition coefficient (Wildman–Crippen LogP) is 2.15. The van der Waals surface area contributed by atoms with Crippen LogP contribution >= 0.6 is 0 Å². The quantitative estimate of drug-likeness (QED) is 0.746. The van der Waals surface area contributed by atoms with Crippen molar-refractivity contribution in [1.29, 1.82) is 0 Å². The molecule has 7 nitrogen and oxygen atoms in total. The average molecular weight is 341 g/mol. The van der Waals surface area contributed by atoms with Crippen LogP contribution in [0.5, 0.6) is 0 Å². The number of carbonyl (C=O) groups excluding carboxylic acids is 1. The normalized spacial score (nSPS) is 16.7. The maximum absolute atomic E-state index is 11.7. The van der Waals surface area contributed by atoms with E-state index in [1.54, 1.807) is 25.4 Å². The van der Waals surface area contributed by atoms with Gasteiger partial charge in [0.15, 0.2) is 5.82 Å². The minimum absolute atomic E-state index is 0.339. The molecule has 1 aliphatic rings. The van der Waals surface area contributed by atoms with Crippen molar-refractivity contribution in [3.05, 3.63) is 42.2 Å². The van der Waals surface area contributed by atoms with Crippen molar-refractivity contribution in [2.45, 2.75) is 25.8 Å². The molecule has 0 spiro atoms. The van der Waals surface area contributed by atoms with E-state index in [1.165, 1.54) is 0 Å². The number of hydrogen-bond donors (Lipinski definition) is 0. The van der Waals surface area contributed by atoms with Gasteiger partial charge in [0, 0.05) is 38.6 Å². The first-order valence-corrected chi connectivity index (χ1v) is 8.57. The zero-order chi connectivity index (χ0) is 17.6. The van der Waals surface area contributed by atoms with Gasteiger partial charge in [-0.25, -0.2) is 9.78 Å². The van der Waals surface area contributed by atoms with E-state index >= 15 is 0 Å². The van der Waals surface area contributed by atoms with Crippen LogP contribution in [0.25, 0.3) is 0 Å². The van der Waals surface area contributed by atoms with E-state index in [-0.39, 0.29) is 5.97 Å². The Morgan fingerprint density at radius 1 is 1.40 bits per heavy atom. The van der Waals surface area contributed by atoms with E-state index in [4.69, 9.17) is 4.74 Å². The molecule has 1 fully saturated rings. The van der Waals surface area contributed by atoms with Gasteiger partial charge >= 0.3 is 5.97 Å². The maximum Gasteiger partial charge on any atom is 0.339 e. The highest BCUT2D eigenvalue weighted by Gasteiger charge is 2.27. The molecule has 0 radical (unpaired) electrons. The van der Waals surface area contributed by atoms with Gasteiger partial charge in [0.2, 0.25) is 0 Å². The van der Waals surface area contributed by atoms with E-state index in [1.807, 2.05) is 25.2 Å². The Hall–Kier alpha value is -2.70. The molecule has 132 valence electrons. The second-order valence-corrected chi connectivity index (χ2v) is 6.08. The standard InChI is InChI=1S/C18H23N5O2/c1-3-25-18(24)14-8-9-16(19-12-14)22(2)13-15-6-5-11-23(15)17-7-4-10-20-21-17/h4,7-10,12,15H,3,5-6,11,13H2,1-2H3. The number of esters is 1. The summed E-state index contributed by atoms with van der Waals surface area (Å²) in [5.74, 6) is 1.41. The Morgan fingerprint density at radius 2 is 2.28 bits per heavy atom. The third kappa shape index (κ3) is 4.04. The molecule has 0 aliphatic carbocycles. The zero-order valence-corrected chi connectivity index (χ0v) is 14.6. The minimum atomic E-state index is -0.339. The molecule has 1 atom stereocenters. The molecule has 2 aromatic heterocycles. The molecular formula is C18H23N5O2. The summed E-state index contributed by atoms with van der Waals surface area (Å²) in [6.45, 7) is 3.98. The van der Waals surface area contributed by atoms with Crippen molar-refractivity contribution in [3.63, 3.8) is 0 Å². The molecule has 25 heavy (non-hydrogen) atoms. The number of hydrogen-bond acceptors (Lipinski definition) is 7. The molecular weight excluding hydrogens is 318 g/mol. The van der Waals surface area contributed by atoms with Gasteiger partial charge in [0.25, 0.3) is 0 Å². The molecule has 1 unspecified atom stereocenters. The summed E-state index contributed by atoms with van der Waals surface area (Å²) in [7, 11) is 2.01. The number of anilines is 2. The van der Waals surface area contributed by atoms with Gasteiger partial charge in [-0.15, -0.1) is 5.10 Å². The van der Waals surface area contributed by atoms with E-state index < -0.39 is 0 Å². The molecule has 3 rings (SSSR count). The fourth-order valence-corrected chi connectivity index (χ4v) is 3.13. The number of carbonyl (C=O) groups is 1. The van der Waals surface area contributed by atoms with Crippen LogP contribution < -0.4 is 9.80 Å². The summed E-state index contributed by atoms with van der Waals surface area (Å²) < 4.78 is 4.99. The van der Waals surface area contributed by atoms with Crippen molar-refractivity contribution < 1.29 is 9.53 Å². The second kappa shape index (κ2) is 7.92. The van der Waals surface area contributed by atoms with Crippen LogP contribution in [0, 0.1) is 0 Å². The van der Waals surface area contributed by atoms with Gasteiger partial charge in [0.1, 0.15) is 5.82 Å². The first kappa shape index (κ1) is 17.1. The highest BCUT2D eigenvalue weighted by atomic mass is 16.5. The molecule has 0 aromatic carbocycles. The van der Waals surface area contributed by atoms with Crippen LogP contribution in [0.2, 0.25) is 0 Å². The summed E-state index contributed by atoms with van der Waals surface area (Å²) in [5.41, 5.74) is 0.473. The molecule has 1 saturated heterocycles. The molecule has 3 heterocycles. The number of nitrogens with zero attached hydrogens (tertiary/aromatic N) is 5. The second-order valence-electron chi connectivity index (χ2n) is 6.08. The molecule has 0 N–H and O–H groups in total. The van der Waals surface area contributed by atoms with Gasteiger partial charge < -0.3 is 14.5 Å². The fraction of sp³-hybridized carbons (Fsp3) is 0.444. The third-order valence-corrected chi connectivity index (χ3v) is 4.36. The van der Waals surface area contributed by atoms with Gasteiger partial charge in [-0.2, -0.15) is 5.10 Å². The molecule has 0 saturated carbocycles. The van der Waals surface area contributed by atoms with Gasteiger partial charge in [0.05, 0.1) is 12.2 Å². The largest absolute Gasteiger partial charge is 0.462 e. The summed E-state index contributed by atoms with van der Waals surface area (Å²) >= 11 is 0. The minimum Gasteiger partial charge on any atom is -0.462 e. The van der Waals surface area contributed by atoms with Crippen LogP contribution in [0.15, 0.2) is 36.7 Å². The van der Waals surface area contributed by atoms with Crippen molar-refractivity contribution >= 4 is 17.6 Å². The molecule has 1 aliphatic heterocycles. The van der Waals surface area contributed by atoms with E-state index in [2.05, 4.69) is 25.0 Å². The Bertz CT molecular complexity index is 692. The number of ether oxygens (including phenoxy) is 1. The summed E-state index contributed by atoms with van der Waals surface area (Å²) in [6.07, 6.45) is 5.51. The molecule has 7 heteroatoms. The van der Waals surface area contributed by atoms with Gasteiger partial charge in [-0.1, -0.05) is 0 Å². The van der Waals surface area contributed by atoms with Crippen molar-refractivity contribution in [1.82, 2.24) is 15.2 Å². The maximum atomic E-state index is 11.7. The topological polar surface area (TPSA) is 71.5 Å². The van der Waals surface area contributed by atoms with E-state index in [0.29, 0.717) is 18.2 Å². The van der Waals surface area contributed by atoms with Crippen LogP contribution in [-0.4, -0.2) is 53.9 Å². The Kier molecular flexibility index (Phi) is 5.42. The van der Waals surface area contributed by atoms with Crippen LogP contribution in [0.3, 0.4) is 0 Å². The third-order valence-electron chi connectivity index (χ3n) is 4.36. The SMILES string of the molecule is CCOC(=O)c1ccc(N(C)CC2CCCN2c2cccnn2)nc1. The van der Waals surface area contributed by atoms with Crippen molar-refractivity contribution in [2.24, 2.45) is 0 Å². The van der Waals surface area contributed by atoms with E-state index in [0.717, 1.165) is 37.6 Å². The van der Waals surface area contributed by atoms with Crippen LogP contribution in [-0.2, 0) is 4.74 Å². The lowest BCUT2D eigenvalue weighted by molar-refractivity contribution is 0.0526.